The summed E-state index contributed by atoms with van der Waals surface area (Å²) >= 11 is 5.80. The largest absolute Gasteiger partial charge is 0.490 e. The summed E-state index contributed by atoms with van der Waals surface area (Å²) in [4.78, 5) is 11.0. The first-order valence-corrected chi connectivity index (χ1v) is 6.83. The van der Waals surface area contributed by atoms with Crippen molar-refractivity contribution < 1.29 is 24.5 Å². The van der Waals surface area contributed by atoms with Gasteiger partial charge in [0.15, 0.2) is 0 Å². The molecule has 0 aliphatic carbocycles. The third-order valence-corrected chi connectivity index (χ3v) is 2.79. The maximum Gasteiger partial charge on any atom is 0.339 e. The molecule has 6 heteroatoms. The number of aromatic carboxylic acids is 1. The van der Waals surface area contributed by atoms with Gasteiger partial charge in [0.25, 0.3) is 0 Å². The third kappa shape index (κ3) is 5.77. The van der Waals surface area contributed by atoms with E-state index in [1.165, 1.54) is 18.2 Å². The monoisotopic (exact) mass is 302 g/mol. The van der Waals surface area contributed by atoms with Crippen LogP contribution in [0, 0.1) is 0 Å². The van der Waals surface area contributed by atoms with Crippen molar-refractivity contribution in [3.05, 3.63) is 28.8 Å². The molecule has 0 radical (unpaired) electrons. The number of unbranched alkanes of at least 4 members (excludes halogenated alkanes) is 1. The second-order valence-corrected chi connectivity index (χ2v) is 4.78. The number of carbonyl (C=O) groups is 1. The van der Waals surface area contributed by atoms with Crippen LogP contribution in [0.4, 0.5) is 0 Å². The van der Waals surface area contributed by atoms with Gasteiger partial charge in [0.2, 0.25) is 0 Å². The minimum Gasteiger partial charge on any atom is -0.490 e. The molecule has 0 saturated heterocycles. The van der Waals surface area contributed by atoms with Gasteiger partial charge in [-0.2, -0.15) is 0 Å². The number of carboxylic acids is 1. The first-order chi connectivity index (χ1) is 9.54. The van der Waals surface area contributed by atoms with E-state index >= 15 is 0 Å². The predicted molar refractivity (Wildman–Crippen MR) is 75.6 cm³/mol. The normalized spacial score (nSPS) is 12.2. The van der Waals surface area contributed by atoms with Crippen LogP contribution in [0.1, 0.15) is 30.1 Å². The molecule has 0 aromatic heterocycles. The van der Waals surface area contributed by atoms with E-state index in [0.717, 1.165) is 12.8 Å². The molecule has 1 atom stereocenters. The average molecular weight is 303 g/mol. The number of aliphatic hydroxyl groups excluding tert-OH is 1. The Labute approximate surface area is 123 Å². The zero-order chi connectivity index (χ0) is 15.0. The van der Waals surface area contributed by atoms with Crippen LogP contribution in [-0.2, 0) is 4.74 Å². The standard InChI is InChI=1S/C14H19ClO5/c1-2-3-6-19-8-11(16)9-20-13-7-10(15)4-5-12(13)14(17)18/h4-5,7,11,16H,2-3,6,8-9H2,1H3,(H,17,18). The fourth-order valence-electron chi connectivity index (χ4n) is 1.49. The molecule has 1 aromatic carbocycles. The molecule has 112 valence electrons. The lowest BCUT2D eigenvalue weighted by Gasteiger charge is -2.14. The quantitative estimate of drug-likeness (QED) is 0.686. The molecule has 5 nitrogen and oxygen atoms in total. The molecule has 0 amide bonds. The van der Waals surface area contributed by atoms with Gasteiger partial charge in [-0.25, -0.2) is 4.79 Å². The summed E-state index contributed by atoms with van der Waals surface area (Å²) in [6.07, 6.45) is 1.15. The predicted octanol–water partition coefficient (Wildman–Crippen LogP) is 2.59. The van der Waals surface area contributed by atoms with E-state index in [0.29, 0.717) is 11.6 Å². The first kappa shape index (κ1) is 16.8. The van der Waals surface area contributed by atoms with Crippen molar-refractivity contribution in [3.63, 3.8) is 0 Å². The van der Waals surface area contributed by atoms with Gasteiger partial charge < -0.3 is 19.7 Å². The van der Waals surface area contributed by atoms with Gasteiger partial charge in [-0.1, -0.05) is 24.9 Å². The maximum absolute atomic E-state index is 11.0. The molecule has 20 heavy (non-hydrogen) atoms. The van der Waals surface area contributed by atoms with Crippen LogP contribution < -0.4 is 4.74 Å². The molecule has 0 bridgehead atoms. The topological polar surface area (TPSA) is 76.0 Å². The van der Waals surface area contributed by atoms with Crippen LogP contribution in [0.3, 0.4) is 0 Å². The fourth-order valence-corrected chi connectivity index (χ4v) is 1.65. The lowest BCUT2D eigenvalue weighted by atomic mass is 10.2. The molecular weight excluding hydrogens is 284 g/mol. The molecule has 0 aliphatic heterocycles. The SMILES string of the molecule is CCCCOCC(O)COc1cc(Cl)ccc1C(=O)O. The summed E-state index contributed by atoms with van der Waals surface area (Å²) in [5.74, 6) is -0.969. The van der Waals surface area contributed by atoms with Crippen molar-refractivity contribution in [3.8, 4) is 5.75 Å². The molecule has 0 aliphatic rings. The Bertz CT molecular complexity index is 436. The Hall–Kier alpha value is -1.30. The molecule has 0 heterocycles. The molecular formula is C14H19ClO5. The number of aliphatic hydroxyl groups is 1. The van der Waals surface area contributed by atoms with E-state index in [-0.39, 0.29) is 24.5 Å². The number of carboxylic acid groups (broad SMARTS) is 1. The number of benzene rings is 1. The average Bonchev–Trinajstić information content (AvgIpc) is 2.41. The van der Waals surface area contributed by atoms with Gasteiger partial charge in [-0.05, 0) is 24.6 Å². The summed E-state index contributed by atoms with van der Waals surface area (Å²) in [6.45, 7) is 2.75. The summed E-state index contributed by atoms with van der Waals surface area (Å²) in [7, 11) is 0. The van der Waals surface area contributed by atoms with E-state index < -0.39 is 12.1 Å². The van der Waals surface area contributed by atoms with Gasteiger partial charge in [0.1, 0.15) is 24.0 Å². The van der Waals surface area contributed by atoms with Crippen LogP contribution >= 0.6 is 11.6 Å². The number of halogens is 1. The molecule has 0 fully saturated rings. The van der Waals surface area contributed by atoms with Crippen LogP contribution in [-0.4, -0.2) is 42.1 Å². The fraction of sp³-hybridized carbons (Fsp3) is 0.500. The van der Waals surface area contributed by atoms with Gasteiger partial charge in [-0.3, -0.25) is 0 Å². The Morgan fingerprint density at radius 3 is 2.80 bits per heavy atom. The molecule has 1 rings (SSSR count). The number of hydrogen-bond donors (Lipinski definition) is 2. The third-order valence-electron chi connectivity index (χ3n) is 2.56. The Kier molecular flexibility index (Phi) is 7.36. The number of hydrogen-bond acceptors (Lipinski definition) is 4. The summed E-state index contributed by atoms with van der Waals surface area (Å²) in [5, 5.41) is 19.1. The maximum atomic E-state index is 11.0. The van der Waals surface area contributed by atoms with Crippen LogP contribution in [0.25, 0.3) is 0 Å². The number of ether oxygens (including phenoxy) is 2. The van der Waals surface area contributed by atoms with E-state index in [1.54, 1.807) is 0 Å². The highest BCUT2D eigenvalue weighted by atomic mass is 35.5. The second-order valence-electron chi connectivity index (χ2n) is 4.34. The van der Waals surface area contributed by atoms with E-state index in [2.05, 4.69) is 6.92 Å². The zero-order valence-electron chi connectivity index (χ0n) is 11.3. The Balaban J connectivity index is 2.48. The Morgan fingerprint density at radius 2 is 2.15 bits per heavy atom. The molecule has 0 saturated carbocycles. The van der Waals surface area contributed by atoms with Gasteiger partial charge in [-0.15, -0.1) is 0 Å². The lowest BCUT2D eigenvalue weighted by molar-refractivity contribution is 0.0110. The van der Waals surface area contributed by atoms with Crippen LogP contribution in [0.15, 0.2) is 18.2 Å². The van der Waals surface area contributed by atoms with Crippen LogP contribution in [0.2, 0.25) is 5.02 Å². The second kappa shape index (κ2) is 8.79. The highest BCUT2D eigenvalue weighted by Crippen LogP contribution is 2.23. The van der Waals surface area contributed by atoms with Crippen molar-refractivity contribution >= 4 is 17.6 Å². The molecule has 0 spiro atoms. The minimum absolute atomic E-state index is 0.00787. The number of rotatable bonds is 9. The van der Waals surface area contributed by atoms with Gasteiger partial charge >= 0.3 is 5.97 Å². The van der Waals surface area contributed by atoms with E-state index in [4.69, 9.17) is 26.2 Å². The molecule has 1 aromatic rings. The summed E-state index contributed by atoms with van der Waals surface area (Å²) in [6, 6.07) is 4.25. The van der Waals surface area contributed by atoms with E-state index in [1.807, 2.05) is 0 Å². The van der Waals surface area contributed by atoms with Crippen molar-refractivity contribution in [2.75, 3.05) is 19.8 Å². The van der Waals surface area contributed by atoms with Crippen LogP contribution in [0.5, 0.6) is 5.75 Å². The van der Waals surface area contributed by atoms with Crippen molar-refractivity contribution in [1.29, 1.82) is 0 Å². The van der Waals surface area contributed by atoms with Crippen molar-refractivity contribution in [2.45, 2.75) is 25.9 Å². The van der Waals surface area contributed by atoms with Crippen molar-refractivity contribution in [1.82, 2.24) is 0 Å². The van der Waals surface area contributed by atoms with E-state index in [9.17, 15) is 9.90 Å². The highest BCUT2D eigenvalue weighted by molar-refractivity contribution is 6.30. The van der Waals surface area contributed by atoms with Crippen molar-refractivity contribution in [2.24, 2.45) is 0 Å². The van der Waals surface area contributed by atoms with Gasteiger partial charge in [0.05, 0.1) is 6.61 Å². The zero-order valence-corrected chi connectivity index (χ0v) is 12.1. The first-order valence-electron chi connectivity index (χ1n) is 6.46. The smallest absolute Gasteiger partial charge is 0.339 e. The highest BCUT2D eigenvalue weighted by Gasteiger charge is 2.13. The molecule has 1 unspecified atom stereocenters. The van der Waals surface area contributed by atoms with Gasteiger partial charge in [0, 0.05) is 11.6 Å². The lowest BCUT2D eigenvalue weighted by Crippen LogP contribution is -2.24. The molecule has 2 N–H and O–H groups in total. The minimum atomic E-state index is -1.11. The summed E-state index contributed by atoms with van der Waals surface area (Å²) in [5.41, 5.74) is 0.00787. The summed E-state index contributed by atoms with van der Waals surface area (Å²) < 4.78 is 10.6. The Morgan fingerprint density at radius 1 is 1.40 bits per heavy atom.